The Kier molecular flexibility index (Phi) is 7.47. The zero-order valence-electron chi connectivity index (χ0n) is 16.9. The van der Waals surface area contributed by atoms with E-state index in [9.17, 15) is 10.1 Å². The first-order valence-electron chi connectivity index (χ1n) is 9.66. The van der Waals surface area contributed by atoms with Crippen molar-refractivity contribution in [2.75, 3.05) is 5.32 Å². The Labute approximate surface area is 181 Å². The zero-order valence-corrected chi connectivity index (χ0v) is 17.7. The number of nitrogens with one attached hydrogen (secondary N) is 1. The molecule has 1 heterocycles. The number of para-hydroxylation sites is 1. The number of ether oxygens (including phenoxy) is 1. The molecule has 0 aliphatic carbocycles. The van der Waals surface area contributed by atoms with Crippen molar-refractivity contribution in [3.05, 3.63) is 84.1 Å². The number of nitrogens with zero attached hydrogens (tertiary/aromatic N) is 2. The Morgan fingerprint density at radius 1 is 1.13 bits per heavy atom. The van der Waals surface area contributed by atoms with Crippen LogP contribution in [0.1, 0.15) is 25.0 Å². The summed E-state index contributed by atoms with van der Waals surface area (Å²) in [5.74, 6) is 0.849. The first-order valence-corrected chi connectivity index (χ1v) is 10.6. The maximum Gasteiger partial charge on any atom is 0.265 e. The number of pyridine rings is 1. The van der Waals surface area contributed by atoms with Gasteiger partial charge in [0.25, 0.3) is 5.91 Å². The van der Waals surface area contributed by atoms with Gasteiger partial charge in [0.15, 0.2) is 6.10 Å². The van der Waals surface area contributed by atoms with Crippen molar-refractivity contribution in [2.24, 2.45) is 5.92 Å². The Morgan fingerprint density at radius 3 is 2.67 bits per heavy atom. The van der Waals surface area contributed by atoms with Crippen LogP contribution in [0, 0.1) is 17.2 Å². The molecule has 6 heteroatoms. The summed E-state index contributed by atoms with van der Waals surface area (Å²) >= 11 is 1.64. The average molecular weight is 418 g/mol. The molecule has 152 valence electrons. The number of carbonyl (C=O) groups is 1. The van der Waals surface area contributed by atoms with Crippen molar-refractivity contribution in [1.82, 2.24) is 4.98 Å². The third-order valence-corrected chi connectivity index (χ3v) is 5.36. The monoisotopic (exact) mass is 417 g/mol. The van der Waals surface area contributed by atoms with E-state index in [0.29, 0.717) is 17.0 Å². The molecule has 0 aliphatic rings. The quantitative estimate of drug-likeness (QED) is 0.504. The number of anilines is 1. The van der Waals surface area contributed by atoms with E-state index in [-0.39, 0.29) is 11.8 Å². The summed E-state index contributed by atoms with van der Waals surface area (Å²) in [6.07, 6.45) is 1.06. The molecule has 0 bridgehead atoms. The van der Waals surface area contributed by atoms with Crippen molar-refractivity contribution >= 4 is 23.4 Å². The van der Waals surface area contributed by atoms with Gasteiger partial charge in [0, 0.05) is 17.6 Å². The lowest BCUT2D eigenvalue weighted by molar-refractivity contribution is -0.124. The van der Waals surface area contributed by atoms with Crippen molar-refractivity contribution in [1.29, 1.82) is 5.26 Å². The van der Waals surface area contributed by atoms with Crippen LogP contribution >= 0.6 is 11.8 Å². The number of hydrogen-bond donors (Lipinski definition) is 1. The molecule has 0 aliphatic heterocycles. The zero-order chi connectivity index (χ0) is 21.3. The molecule has 30 heavy (non-hydrogen) atoms. The maximum absolute atomic E-state index is 12.9. The number of nitriles is 1. The van der Waals surface area contributed by atoms with E-state index in [4.69, 9.17) is 4.74 Å². The second-order valence-electron chi connectivity index (χ2n) is 7.04. The summed E-state index contributed by atoms with van der Waals surface area (Å²) in [7, 11) is 0. The number of carbonyl (C=O) groups excluding carboxylic acids is 1. The molecule has 2 aromatic carbocycles. The fourth-order valence-electron chi connectivity index (χ4n) is 2.83. The van der Waals surface area contributed by atoms with E-state index < -0.39 is 6.10 Å². The Morgan fingerprint density at radius 2 is 1.93 bits per heavy atom. The van der Waals surface area contributed by atoms with Gasteiger partial charge in [-0.05, 0) is 47.9 Å². The molecule has 1 unspecified atom stereocenters. The predicted molar refractivity (Wildman–Crippen MR) is 119 cm³/mol. The van der Waals surface area contributed by atoms with Gasteiger partial charge in [-0.25, -0.2) is 4.98 Å². The van der Waals surface area contributed by atoms with Crippen molar-refractivity contribution < 1.29 is 9.53 Å². The first-order chi connectivity index (χ1) is 14.6. The molecule has 1 N–H and O–H groups in total. The molecule has 1 amide bonds. The van der Waals surface area contributed by atoms with E-state index in [1.54, 1.807) is 42.2 Å². The average Bonchev–Trinajstić information content (AvgIpc) is 2.77. The van der Waals surface area contributed by atoms with Crippen molar-refractivity contribution in [2.45, 2.75) is 30.7 Å². The normalized spacial score (nSPS) is 11.5. The number of thioether (sulfide) groups is 1. The molecule has 5 nitrogen and oxygen atoms in total. The second-order valence-corrected chi connectivity index (χ2v) is 8.03. The minimum atomic E-state index is -0.717. The van der Waals surface area contributed by atoms with E-state index in [1.807, 2.05) is 56.3 Å². The highest BCUT2D eigenvalue weighted by molar-refractivity contribution is 7.98. The molecule has 0 spiro atoms. The van der Waals surface area contributed by atoms with Crippen LogP contribution in [0.15, 0.2) is 78.0 Å². The van der Waals surface area contributed by atoms with Crippen molar-refractivity contribution in [3.63, 3.8) is 0 Å². The summed E-state index contributed by atoms with van der Waals surface area (Å²) in [4.78, 5) is 17.2. The van der Waals surface area contributed by atoms with Gasteiger partial charge in [-0.2, -0.15) is 5.26 Å². The third kappa shape index (κ3) is 5.85. The Hall–Kier alpha value is -3.30. The number of rotatable bonds is 8. The molecule has 0 saturated carbocycles. The van der Waals surface area contributed by atoms with Gasteiger partial charge in [0.1, 0.15) is 11.8 Å². The standard InChI is InChI=1S/C24H23N3O2S/c1-17(2)23(29-21-11-4-3-9-19(21)15-25)24(28)27-20-10-7-8-18(14-20)16-30-22-12-5-6-13-26-22/h3-14,17,23H,16H2,1-2H3,(H,27,28). The van der Waals surface area contributed by atoms with E-state index in [1.165, 1.54) is 0 Å². The van der Waals surface area contributed by atoms with E-state index in [0.717, 1.165) is 16.3 Å². The summed E-state index contributed by atoms with van der Waals surface area (Å²) in [5, 5.41) is 13.2. The van der Waals surface area contributed by atoms with E-state index >= 15 is 0 Å². The van der Waals surface area contributed by atoms with Gasteiger partial charge in [-0.1, -0.05) is 44.2 Å². The largest absolute Gasteiger partial charge is 0.479 e. The topological polar surface area (TPSA) is 75.0 Å². The third-order valence-electron chi connectivity index (χ3n) is 4.34. The van der Waals surface area contributed by atoms with Crippen LogP contribution in [0.3, 0.4) is 0 Å². The van der Waals surface area contributed by atoms with Crippen molar-refractivity contribution in [3.8, 4) is 11.8 Å². The van der Waals surface area contributed by atoms with Gasteiger partial charge in [0.2, 0.25) is 0 Å². The second kappa shape index (κ2) is 10.5. The number of aromatic nitrogens is 1. The Balaban J connectivity index is 1.68. The smallest absolute Gasteiger partial charge is 0.265 e. The van der Waals surface area contributed by atoms with Crippen LogP contribution in [0.4, 0.5) is 5.69 Å². The lowest BCUT2D eigenvalue weighted by Gasteiger charge is -2.22. The first kappa shape index (κ1) is 21.4. The van der Waals surface area contributed by atoms with Crippen LogP contribution in [-0.4, -0.2) is 17.0 Å². The van der Waals surface area contributed by atoms with Crippen LogP contribution in [0.5, 0.6) is 5.75 Å². The fourth-order valence-corrected chi connectivity index (χ4v) is 3.64. The minimum absolute atomic E-state index is 0.0698. The molecule has 0 fully saturated rings. The highest BCUT2D eigenvalue weighted by Gasteiger charge is 2.25. The minimum Gasteiger partial charge on any atom is -0.479 e. The maximum atomic E-state index is 12.9. The number of benzene rings is 2. The molecule has 1 atom stereocenters. The molecule has 0 radical (unpaired) electrons. The Bertz CT molecular complexity index is 1030. The molecule has 3 aromatic rings. The predicted octanol–water partition coefficient (Wildman–Crippen LogP) is 5.29. The number of amides is 1. The van der Waals surface area contributed by atoms with Crippen LogP contribution in [0.2, 0.25) is 0 Å². The molecule has 1 aromatic heterocycles. The SMILES string of the molecule is CC(C)C(Oc1ccccc1C#N)C(=O)Nc1cccc(CSc2ccccn2)c1. The summed E-state index contributed by atoms with van der Waals surface area (Å²) < 4.78 is 5.92. The van der Waals surface area contributed by atoms with Gasteiger partial charge in [-0.15, -0.1) is 11.8 Å². The summed E-state index contributed by atoms with van der Waals surface area (Å²) in [6.45, 7) is 3.83. The molecule has 0 saturated heterocycles. The lowest BCUT2D eigenvalue weighted by Crippen LogP contribution is -2.37. The van der Waals surface area contributed by atoms with E-state index in [2.05, 4.69) is 16.4 Å². The summed E-state index contributed by atoms with van der Waals surface area (Å²) in [6, 6.07) is 22.6. The summed E-state index contributed by atoms with van der Waals surface area (Å²) in [5.41, 5.74) is 2.20. The van der Waals surface area contributed by atoms with Crippen LogP contribution in [-0.2, 0) is 10.5 Å². The molecule has 3 rings (SSSR count). The van der Waals surface area contributed by atoms with Crippen LogP contribution < -0.4 is 10.1 Å². The van der Waals surface area contributed by atoms with Gasteiger partial charge in [-0.3, -0.25) is 4.79 Å². The van der Waals surface area contributed by atoms with Gasteiger partial charge < -0.3 is 10.1 Å². The fraction of sp³-hybridized carbons (Fsp3) is 0.208. The van der Waals surface area contributed by atoms with Gasteiger partial charge >= 0.3 is 0 Å². The number of hydrogen-bond acceptors (Lipinski definition) is 5. The molecular weight excluding hydrogens is 394 g/mol. The van der Waals surface area contributed by atoms with Gasteiger partial charge in [0.05, 0.1) is 10.6 Å². The molecular formula is C24H23N3O2S. The van der Waals surface area contributed by atoms with Crippen LogP contribution in [0.25, 0.3) is 0 Å². The lowest BCUT2D eigenvalue weighted by atomic mass is 10.1. The highest BCUT2D eigenvalue weighted by Crippen LogP contribution is 2.24. The highest BCUT2D eigenvalue weighted by atomic mass is 32.2.